The summed E-state index contributed by atoms with van der Waals surface area (Å²) in [6.45, 7) is 4.31. The van der Waals surface area contributed by atoms with E-state index in [-0.39, 0.29) is 0 Å². The van der Waals surface area contributed by atoms with E-state index >= 15 is 0 Å². The Labute approximate surface area is 44.5 Å². The summed E-state index contributed by atoms with van der Waals surface area (Å²) >= 11 is 0. The highest BCUT2D eigenvalue weighted by Crippen LogP contribution is 2.04. The van der Waals surface area contributed by atoms with Crippen LogP contribution in [0.15, 0.2) is 0 Å². The SMILES string of the molecule is CC1C[CH]N(C)N1. The second-order valence-electron chi connectivity index (χ2n) is 2.06. The van der Waals surface area contributed by atoms with Crippen molar-refractivity contribution >= 4 is 0 Å². The van der Waals surface area contributed by atoms with Crippen molar-refractivity contribution in [3.63, 3.8) is 0 Å². The van der Waals surface area contributed by atoms with Crippen molar-refractivity contribution in [1.29, 1.82) is 0 Å². The monoisotopic (exact) mass is 99.1 g/mol. The van der Waals surface area contributed by atoms with E-state index in [0.29, 0.717) is 6.04 Å². The molecule has 7 heavy (non-hydrogen) atoms. The van der Waals surface area contributed by atoms with Gasteiger partial charge in [-0.2, -0.15) is 0 Å². The van der Waals surface area contributed by atoms with Crippen LogP contribution in [-0.4, -0.2) is 18.1 Å². The largest absolute Gasteiger partial charge is 0.252 e. The maximum Gasteiger partial charge on any atom is 0.0425 e. The van der Waals surface area contributed by atoms with Crippen LogP contribution in [-0.2, 0) is 0 Å². The van der Waals surface area contributed by atoms with Gasteiger partial charge in [0.25, 0.3) is 0 Å². The lowest BCUT2D eigenvalue weighted by Gasteiger charge is -2.06. The fourth-order valence-electron chi connectivity index (χ4n) is 0.769. The molecule has 1 rings (SSSR count). The summed E-state index contributed by atoms with van der Waals surface area (Å²) in [7, 11) is 2.02. The fraction of sp³-hybridized carbons (Fsp3) is 0.800. The number of hydrogen-bond donors (Lipinski definition) is 1. The predicted molar refractivity (Wildman–Crippen MR) is 29.3 cm³/mol. The summed E-state index contributed by atoms with van der Waals surface area (Å²) in [6.07, 6.45) is 1.16. The van der Waals surface area contributed by atoms with Crippen LogP contribution in [0.25, 0.3) is 0 Å². The number of rotatable bonds is 0. The Morgan fingerprint density at radius 2 is 2.57 bits per heavy atom. The Kier molecular flexibility index (Phi) is 1.30. The van der Waals surface area contributed by atoms with Gasteiger partial charge in [-0.05, 0) is 13.3 Å². The van der Waals surface area contributed by atoms with Gasteiger partial charge in [-0.1, -0.05) is 0 Å². The summed E-state index contributed by atoms with van der Waals surface area (Å²) in [4.78, 5) is 0. The maximum absolute atomic E-state index is 3.19. The van der Waals surface area contributed by atoms with Crippen molar-refractivity contribution in [1.82, 2.24) is 10.4 Å². The zero-order chi connectivity index (χ0) is 5.28. The standard InChI is InChI=1S/C5H11N2/c1-5-3-4-7(2)6-5/h4-6H,3H2,1-2H3. The molecule has 1 atom stereocenters. The zero-order valence-electron chi connectivity index (χ0n) is 4.81. The first-order chi connectivity index (χ1) is 3.29. The number of nitrogens with one attached hydrogen (secondary N) is 1. The lowest BCUT2D eigenvalue weighted by atomic mass is 10.3. The summed E-state index contributed by atoms with van der Waals surface area (Å²) in [5, 5.41) is 2.00. The number of hydrazine groups is 1. The molecule has 0 bridgehead atoms. The molecule has 1 N–H and O–H groups in total. The molecule has 41 valence electrons. The quantitative estimate of drug-likeness (QED) is 0.472. The van der Waals surface area contributed by atoms with E-state index in [1.165, 1.54) is 0 Å². The first kappa shape index (κ1) is 5.06. The van der Waals surface area contributed by atoms with E-state index in [1.54, 1.807) is 0 Å². The van der Waals surface area contributed by atoms with Crippen LogP contribution in [0.5, 0.6) is 0 Å². The fourth-order valence-corrected chi connectivity index (χ4v) is 0.769. The molecule has 0 aromatic carbocycles. The molecule has 2 nitrogen and oxygen atoms in total. The van der Waals surface area contributed by atoms with Crippen LogP contribution >= 0.6 is 0 Å². The lowest BCUT2D eigenvalue weighted by Crippen LogP contribution is -2.28. The zero-order valence-corrected chi connectivity index (χ0v) is 4.81. The van der Waals surface area contributed by atoms with Gasteiger partial charge in [0.2, 0.25) is 0 Å². The van der Waals surface area contributed by atoms with Gasteiger partial charge in [0.1, 0.15) is 0 Å². The third-order valence-corrected chi connectivity index (χ3v) is 1.16. The molecule has 0 aliphatic carbocycles. The van der Waals surface area contributed by atoms with Gasteiger partial charge in [0.05, 0.1) is 0 Å². The van der Waals surface area contributed by atoms with Crippen molar-refractivity contribution in [3.05, 3.63) is 6.54 Å². The van der Waals surface area contributed by atoms with Gasteiger partial charge < -0.3 is 0 Å². The molecule has 1 radical (unpaired) electrons. The van der Waals surface area contributed by atoms with Crippen LogP contribution in [0.2, 0.25) is 0 Å². The minimum Gasteiger partial charge on any atom is -0.252 e. The van der Waals surface area contributed by atoms with Gasteiger partial charge in [0.15, 0.2) is 0 Å². The summed E-state index contributed by atoms with van der Waals surface area (Å²) in [5.41, 5.74) is 3.19. The molecule has 0 aromatic rings. The smallest absolute Gasteiger partial charge is 0.0425 e. The molecule has 0 aromatic heterocycles. The lowest BCUT2D eigenvalue weighted by molar-refractivity contribution is 0.330. The van der Waals surface area contributed by atoms with E-state index in [9.17, 15) is 0 Å². The summed E-state index contributed by atoms with van der Waals surface area (Å²) in [5.74, 6) is 0. The summed E-state index contributed by atoms with van der Waals surface area (Å²) < 4.78 is 0. The van der Waals surface area contributed by atoms with Gasteiger partial charge >= 0.3 is 0 Å². The van der Waals surface area contributed by atoms with E-state index < -0.39 is 0 Å². The normalized spacial score (nSPS) is 34.3. The average Bonchev–Trinajstić information content (AvgIpc) is 1.87. The molecule has 2 heteroatoms. The van der Waals surface area contributed by atoms with Crippen molar-refractivity contribution in [2.45, 2.75) is 19.4 Å². The predicted octanol–water partition coefficient (Wildman–Crippen LogP) is 0.377. The molecule has 0 spiro atoms. The van der Waals surface area contributed by atoms with Crippen LogP contribution in [0.1, 0.15) is 13.3 Å². The van der Waals surface area contributed by atoms with Gasteiger partial charge in [-0.25, -0.2) is 5.01 Å². The molecular formula is C5H11N2. The molecule has 0 saturated carbocycles. The highest BCUT2D eigenvalue weighted by molar-refractivity contribution is 4.76. The molecule has 1 aliphatic heterocycles. The summed E-state index contributed by atoms with van der Waals surface area (Å²) in [6, 6.07) is 0.644. The molecule has 1 aliphatic rings. The molecule has 1 fully saturated rings. The van der Waals surface area contributed by atoms with E-state index in [1.807, 2.05) is 12.1 Å². The van der Waals surface area contributed by atoms with Crippen molar-refractivity contribution in [2.24, 2.45) is 0 Å². The highest BCUT2D eigenvalue weighted by atomic mass is 15.5. The second kappa shape index (κ2) is 1.80. The van der Waals surface area contributed by atoms with Crippen LogP contribution in [0, 0.1) is 6.54 Å². The third kappa shape index (κ3) is 1.14. The van der Waals surface area contributed by atoms with Crippen molar-refractivity contribution < 1.29 is 0 Å². The molecular weight excluding hydrogens is 88.1 g/mol. The number of hydrogen-bond acceptors (Lipinski definition) is 2. The molecule has 0 amide bonds. The van der Waals surface area contributed by atoms with Gasteiger partial charge in [-0.15, -0.1) is 0 Å². The van der Waals surface area contributed by atoms with Crippen LogP contribution in [0.3, 0.4) is 0 Å². The average molecular weight is 99.2 g/mol. The maximum atomic E-state index is 3.19. The van der Waals surface area contributed by atoms with Crippen molar-refractivity contribution in [3.8, 4) is 0 Å². The molecule has 1 heterocycles. The Balaban J connectivity index is 2.26. The minimum absolute atomic E-state index is 0.644. The Morgan fingerprint density at radius 1 is 1.86 bits per heavy atom. The van der Waals surface area contributed by atoms with E-state index in [0.717, 1.165) is 6.42 Å². The first-order valence-corrected chi connectivity index (χ1v) is 2.61. The van der Waals surface area contributed by atoms with Crippen molar-refractivity contribution in [2.75, 3.05) is 7.05 Å². The van der Waals surface area contributed by atoms with Crippen LogP contribution in [0.4, 0.5) is 0 Å². The highest BCUT2D eigenvalue weighted by Gasteiger charge is 2.12. The van der Waals surface area contributed by atoms with Gasteiger partial charge in [0, 0.05) is 19.6 Å². The van der Waals surface area contributed by atoms with E-state index in [2.05, 4.69) is 18.9 Å². The van der Waals surface area contributed by atoms with Gasteiger partial charge in [-0.3, -0.25) is 5.43 Å². The third-order valence-electron chi connectivity index (χ3n) is 1.16. The molecule has 1 saturated heterocycles. The first-order valence-electron chi connectivity index (χ1n) is 2.61. The number of nitrogens with zero attached hydrogens (tertiary/aromatic N) is 1. The van der Waals surface area contributed by atoms with Crippen LogP contribution < -0.4 is 5.43 Å². The Morgan fingerprint density at radius 3 is 2.71 bits per heavy atom. The minimum atomic E-state index is 0.644. The Bertz CT molecular complexity index is 55.1. The van der Waals surface area contributed by atoms with E-state index in [4.69, 9.17) is 0 Å². The second-order valence-corrected chi connectivity index (χ2v) is 2.06. The Hall–Kier alpha value is -0.0800. The molecule has 1 unspecified atom stereocenters. The topological polar surface area (TPSA) is 15.3 Å².